The summed E-state index contributed by atoms with van der Waals surface area (Å²) >= 11 is 5.63. The normalized spacial score (nSPS) is 25.3. The van der Waals surface area contributed by atoms with Crippen molar-refractivity contribution in [2.75, 3.05) is 0 Å². The molecule has 14 heavy (non-hydrogen) atoms. The van der Waals surface area contributed by atoms with Gasteiger partial charge in [0.05, 0.1) is 0 Å². The van der Waals surface area contributed by atoms with Gasteiger partial charge in [-0.3, -0.25) is 0 Å². The van der Waals surface area contributed by atoms with Crippen LogP contribution in [-0.4, -0.2) is 9.97 Å². The van der Waals surface area contributed by atoms with E-state index in [1.54, 1.807) is 12.4 Å². The minimum atomic E-state index is 0.303. The lowest BCUT2D eigenvalue weighted by Gasteiger charge is -2.19. The van der Waals surface area contributed by atoms with Crippen LogP contribution in [0.15, 0.2) is 36.7 Å². The highest BCUT2D eigenvalue weighted by atomic mass is 35.5. The van der Waals surface area contributed by atoms with Crippen molar-refractivity contribution in [3.05, 3.63) is 47.5 Å². The van der Waals surface area contributed by atoms with Gasteiger partial charge in [-0.1, -0.05) is 31.2 Å². The molecule has 0 amide bonds. The molecule has 0 bridgehead atoms. The van der Waals surface area contributed by atoms with E-state index in [0.29, 0.717) is 17.1 Å². The van der Waals surface area contributed by atoms with Crippen LogP contribution in [0.4, 0.5) is 0 Å². The number of hydrogen-bond donors (Lipinski definition) is 0. The van der Waals surface area contributed by atoms with Crippen LogP contribution in [0.25, 0.3) is 0 Å². The Morgan fingerprint density at radius 3 is 2.43 bits per heavy atom. The summed E-state index contributed by atoms with van der Waals surface area (Å²) in [6, 6.07) is 0. The van der Waals surface area contributed by atoms with E-state index in [0.717, 1.165) is 5.56 Å². The van der Waals surface area contributed by atoms with E-state index >= 15 is 0 Å². The van der Waals surface area contributed by atoms with E-state index < -0.39 is 0 Å². The highest BCUT2D eigenvalue weighted by Crippen LogP contribution is 2.28. The number of halogens is 1. The summed E-state index contributed by atoms with van der Waals surface area (Å²) in [4.78, 5) is 7.97. The number of hydrogen-bond acceptors (Lipinski definition) is 2. The van der Waals surface area contributed by atoms with Gasteiger partial charge in [-0.2, -0.15) is 0 Å². The van der Waals surface area contributed by atoms with E-state index in [-0.39, 0.29) is 0 Å². The Kier molecular flexibility index (Phi) is 2.64. The van der Waals surface area contributed by atoms with Crippen LogP contribution < -0.4 is 0 Å². The van der Waals surface area contributed by atoms with Crippen molar-refractivity contribution in [3.63, 3.8) is 0 Å². The standard InChI is InChI=1S/C11H11ClN2/c1-8-4-2-3-5-10(8)9-6-13-11(12)14-7-9/h2-8,10H,1H3. The largest absolute Gasteiger partial charge is 0.226 e. The van der Waals surface area contributed by atoms with Crippen molar-refractivity contribution < 1.29 is 0 Å². The molecule has 0 aliphatic heterocycles. The fourth-order valence-corrected chi connectivity index (χ4v) is 1.72. The van der Waals surface area contributed by atoms with Crippen LogP contribution >= 0.6 is 11.6 Å². The minimum Gasteiger partial charge on any atom is -0.226 e. The van der Waals surface area contributed by atoms with E-state index in [1.165, 1.54) is 0 Å². The number of allylic oxidation sites excluding steroid dienone is 4. The van der Waals surface area contributed by atoms with Gasteiger partial charge >= 0.3 is 0 Å². The molecule has 0 saturated heterocycles. The molecule has 1 heterocycles. The van der Waals surface area contributed by atoms with Gasteiger partial charge in [0.2, 0.25) is 5.28 Å². The third kappa shape index (κ3) is 1.85. The Balaban J connectivity index is 2.27. The van der Waals surface area contributed by atoms with Crippen molar-refractivity contribution in [1.82, 2.24) is 9.97 Å². The van der Waals surface area contributed by atoms with Crippen LogP contribution in [0.1, 0.15) is 18.4 Å². The molecule has 1 aliphatic rings. The Labute approximate surface area is 88.3 Å². The number of nitrogens with zero attached hydrogens (tertiary/aromatic N) is 2. The molecule has 0 saturated carbocycles. The van der Waals surface area contributed by atoms with Gasteiger partial charge < -0.3 is 0 Å². The van der Waals surface area contributed by atoms with Gasteiger partial charge in [-0.15, -0.1) is 0 Å². The number of aromatic nitrogens is 2. The summed E-state index contributed by atoms with van der Waals surface area (Å²) in [5.41, 5.74) is 1.11. The summed E-state index contributed by atoms with van der Waals surface area (Å²) < 4.78 is 0. The molecule has 0 aromatic carbocycles. The molecule has 0 radical (unpaired) electrons. The second-order valence-electron chi connectivity index (χ2n) is 3.44. The highest BCUT2D eigenvalue weighted by molar-refractivity contribution is 6.28. The first kappa shape index (κ1) is 9.41. The SMILES string of the molecule is CC1C=CC=CC1c1cnc(Cl)nc1. The zero-order chi connectivity index (χ0) is 9.97. The van der Waals surface area contributed by atoms with Gasteiger partial charge in [0.1, 0.15) is 0 Å². The third-order valence-electron chi connectivity index (χ3n) is 2.44. The molecule has 1 aliphatic carbocycles. The zero-order valence-electron chi connectivity index (χ0n) is 7.89. The fraction of sp³-hybridized carbons (Fsp3) is 0.273. The Morgan fingerprint density at radius 1 is 1.14 bits per heavy atom. The first-order valence-corrected chi connectivity index (χ1v) is 4.97. The van der Waals surface area contributed by atoms with Crippen LogP contribution in [0.3, 0.4) is 0 Å². The molecule has 0 fully saturated rings. The van der Waals surface area contributed by atoms with E-state index in [4.69, 9.17) is 11.6 Å². The lowest BCUT2D eigenvalue weighted by Crippen LogP contribution is -2.08. The first-order chi connectivity index (χ1) is 6.77. The molecule has 2 unspecified atom stereocenters. The van der Waals surface area contributed by atoms with Gasteiger partial charge in [0.25, 0.3) is 0 Å². The molecular weight excluding hydrogens is 196 g/mol. The quantitative estimate of drug-likeness (QED) is 0.661. The van der Waals surface area contributed by atoms with Crippen molar-refractivity contribution in [1.29, 1.82) is 0 Å². The number of rotatable bonds is 1. The topological polar surface area (TPSA) is 25.8 Å². The minimum absolute atomic E-state index is 0.303. The van der Waals surface area contributed by atoms with Gasteiger partial charge in [0, 0.05) is 18.3 Å². The summed E-state index contributed by atoms with van der Waals surface area (Å²) in [6.07, 6.45) is 12.0. The maximum atomic E-state index is 5.63. The maximum Gasteiger partial charge on any atom is 0.222 e. The van der Waals surface area contributed by atoms with Crippen molar-refractivity contribution >= 4 is 11.6 Å². The average molecular weight is 207 g/mol. The monoisotopic (exact) mass is 206 g/mol. The summed E-state index contributed by atoms with van der Waals surface area (Å²) in [5.74, 6) is 0.863. The third-order valence-corrected chi connectivity index (χ3v) is 2.63. The van der Waals surface area contributed by atoms with E-state index in [2.05, 4.69) is 41.2 Å². The predicted octanol–water partition coefficient (Wildman–Crippen LogP) is 2.98. The summed E-state index contributed by atoms with van der Waals surface area (Å²) in [6.45, 7) is 2.18. The van der Waals surface area contributed by atoms with Gasteiger partial charge in [0.15, 0.2) is 0 Å². The molecular formula is C11H11ClN2. The molecule has 72 valence electrons. The molecule has 1 aromatic heterocycles. The lowest BCUT2D eigenvalue weighted by atomic mass is 9.86. The Hall–Kier alpha value is -1.15. The fourth-order valence-electron chi connectivity index (χ4n) is 1.63. The Bertz CT molecular complexity index is 367. The van der Waals surface area contributed by atoms with Crippen molar-refractivity contribution in [2.45, 2.75) is 12.8 Å². The van der Waals surface area contributed by atoms with Crippen molar-refractivity contribution in [2.24, 2.45) is 5.92 Å². The summed E-state index contributed by atoms with van der Waals surface area (Å²) in [5, 5.41) is 0.303. The molecule has 2 rings (SSSR count). The molecule has 1 aromatic rings. The molecule has 3 heteroatoms. The summed E-state index contributed by atoms with van der Waals surface area (Å²) in [7, 11) is 0. The molecule has 2 atom stereocenters. The van der Waals surface area contributed by atoms with Gasteiger partial charge in [-0.05, 0) is 23.1 Å². The van der Waals surface area contributed by atoms with Crippen molar-refractivity contribution in [3.8, 4) is 0 Å². The smallest absolute Gasteiger partial charge is 0.222 e. The molecule has 2 nitrogen and oxygen atoms in total. The molecule has 0 spiro atoms. The molecule has 0 N–H and O–H groups in total. The second-order valence-corrected chi connectivity index (χ2v) is 3.78. The maximum absolute atomic E-state index is 5.63. The average Bonchev–Trinajstić information content (AvgIpc) is 2.20. The van der Waals surface area contributed by atoms with Gasteiger partial charge in [-0.25, -0.2) is 9.97 Å². The van der Waals surface area contributed by atoms with Crippen LogP contribution in [0, 0.1) is 5.92 Å². The predicted molar refractivity (Wildman–Crippen MR) is 57.2 cm³/mol. The lowest BCUT2D eigenvalue weighted by molar-refractivity contribution is 0.630. The highest BCUT2D eigenvalue weighted by Gasteiger charge is 2.16. The van der Waals surface area contributed by atoms with Crippen LogP contribution in [0.2, 0.25) is 5.28 Å². The second kappa shape index (κ2) is 3.93. The van der Waals surface area contributed by atoms with E-state index in [1.807, 2.05) is 0 Å². The van der Waals surface area contributed by atoms with Crippen LogP contribution in [0.5, 0.6) is 0 Å². The first-order valence-electron chi connectivity index (χ1n) is 4.60. The van der Waals surface area contributed by atoms with Crippen LogP contribution in [-0.2, 0) is 0 Å². The zero-order valence-corrected chi connectivity index (χ0v) is 8.65. The van der Waals surface area contributed by atoms with E-state index in [9.17, 15) is 0 Å². The Morgan fingerprint density at radius 2 is 1.79 bits per heavy atom.